The van der Waals surface area contributed by atoms with E-state index < -0.39 is 0 Å². The van der Waals surface area contributed by atoms with E-state index in [9.17, 15) is 4.79 Å². The zero-order chi connectivity index (χ0) is 15.5. The Labute approximate surface area is 136 Å². The van der Waals surface area contributed by atoms with E-state index >= 15 is 0 Å². The summed E-state index contributed by atoms with van der Waals surface area (Å²) in [4.78, 5) is 15.6. The van der Waals surface area contributed by atoms with Crippen LogP contribution in [0.4, 0.5) is 5.69 Å². The molecule has 3 unspecified atom stereocenters. The number of amides is 1. The van der Waals surface area contributed by atoms with Gasteiger partial charge in [-0.1, -0.05) is 54.9 Å². The number of hydrogen-bond acceptors (Lipinski definition) is 1. The van der Waals surface area contributed by atoms with E-state index in [0.717, 1.165) is 25.1 Å². The third-order valence-corrected chi connectivity index (χ3v) is 8.38. The molecule has 3 saturated carbocycles. The van der Waals surface area contributed by atoms with Gasteiger partial charge < -0.3 is 4.90 Å². The van der Waals surface area contributed by atoms with Crippen LogP contribution in [-0.2, 0) is 4.79 Å². The second-order valence-corrected chi connectivity index (χ2v) is 8.18. The van der Waals surface area contributed by atoms with E-state index in [4.69, 9.17) is 0 Å². The van der Waals surface area contributed by atoms with Crippen molar-refractivity contribution < 1.29 is 4.79 Å². The SMILES string of the molecule is CCN(C(=O)C12CCC(C)(C1Br)C2(C)C)c1ccccc1. The number of fused-ring (bicyclic) bond motifs is 1. The zero-order valence-electron chi connectivity index (χ0n) is 13.3. The minimum absolute atomic E-state index is 0.0491. The highest BCUT2D eigenvalue weighted by Crippen LogP contribution is 2.80. The molecule has 3 aliphatic carbocycles. The number of anilines is 1. The Bertz CT molecular complexity index is 570. The summed E-state index contributed by atoms with van der Waals surface area (Å²) < 4.78 is 0. The van der Waals surface area contributed by atoms with Crippen molar-refractivity contribution in [2.45, 2.75) is 45.4 Å². The largest absolute Gasteiger partial charge is 0.312 e. The molecule has 21 heavy (non-hydrogen) atoms. The molecule has 114 valence electrons. The molecule has 0 heterocycles. The van der Waals surface area contributed by atoms with Crippen molar-refractivity contribution in [2.75, 3.05) is 11.4 Å². The number of alkyl halides is 1. The molecule has 1 aromatic rings. The first-order valence-electron chi connectivity index (χ1n) is 7.84. The smallest absolute Gasteiger partial charge is 0.234 e. The molecule has 0 radical (unpaired) electrons. The Kier molecular flexibility index (Phi) is 3.29. The standard InChI is InChI=1S/C18H24BrNO/c1-5-20(13-9-7-6-8-10-13)15(21)18-12-11-17(4,14(18)19)16(18,2)3/h6-10,14H,5,11-12H2,1-4H3. The Morgan fingerprint density at radius 1 is 1.24 bits per heavy atom. The lowest BCUT2D eigenvalue weighted by molar-refractivity contribution is -0.158. The third-order valence-electron chi connectivity index (χ3n) is 6.58. The number of nitrogens with zero attached hydrogens (tertiary/aromatic N) is 1. The fourth-order valence-electron chi connectivity index (χ4n) is 4.72. The molecule has 1 amide bonds. The highest BCUT2D eigenvalue weighted by Gasteiger charge is 2.80. The van der Waals surface area contributed by atoms with Crippen LogP contribution in [0.25, 0.3) is 0 Å². The monoisotopic (exact) mass is 349 g/mol. The van der Waals surface area contributed by atoms with E-state index in [1.54, 1.807) is 0 Å². The first-order valence-corrected chi connectivity index (χ1v) is 8.75. The van der Waals surface area contributed by atoms with Crippen molar-refractivity contribution in [1.82, 2.24) is 0 Å². The van der Waals surface area contributed by atoms with Gasteiger partial charge in [0, 0.05) is 17.1 Å². The van der Waals surface area contributed by atoms with Gasteiger partial charge in [0.1, 0.15) is 0 Å². The third kappa shape index (κ3) is 1.56. The molecule has 3 fully saturated rings. The first kappa shape index (κ1) is 15.1. The highest BCUT2D eigenvalue weighted by atomic mass is 79.9. The molecular formula is C18H24BrNO. The molecule has 0 saturated heterocycles. The van der Waals surface area contributed by atoms with Gasteiger partial charge >= 0.3 is 0 Å². The quantitative estimate of drug-likeness (QED) is 0.728. The molecule has 3 aliphatic rings. The molecule has 0 aliphatic heterocycles. The summed E-state index contributed by atoms with van der Waals surface area (Å²) in [7, 11) is 0. The molecule has 2 nitrogen and oxygen atoms in total. The van der Waals surface area contributed by atoms with Gasteiger partial charge in [-0.25, -0.2) is 0 Å². The normalized spacial score (nSPS) is 36.1. The van der Waals surface area contributed by atoms with Crippen LogP contribution in [0, 0.1) is 16.2 Å². The first-order chi connectivity index (χ1) is 9.83. The fraction of sp³-hybridized carbons (Fsp3) is 0.611. The minimum atomic E-state index is -0.256. The molecule has 2 bridgehead atoms. The number of rotatable bonds is 3. The van der Waals surface area contributed by atoms with Gasteiger partial charge in [0.25, 0.3) is 0 Å². The Balaban J connectivity index is 1.99. The maximum Gasteiger partial charge on any atom is 0.234 e. The second-order valence-electron chi connectivity index (χ2n) is 7.26. The van der Waals surface area contributed by atoms with Crippen LogP contribution in [0.1, 0.15) is 40.5 Å². The molecule has 3 heteroatoms. The van der Waals surface area contributed by atoms with Crippen molar-refractivity contribution in [3.8, 4) is 0 Å². The predicted molar refractivity (Wildman–Crippen MR) is 90.7 cm³/mol. The summed E-state index contributed by atoms with van der Waals surface area (Å²) >= 11 is 3.87. The van der Waals surface area contributed by atoms with Gasteiger partial charge in [-0.3, -0.25) is 4.79 Å². The summed E-state index contributed by atoms with van der Waals surface area (Å²) in [5.74, 6) is 0.290. The average molecular weight is 350 g/mol. The van der Waals surface area contributed by atoms with E-state index in [1.807, 2.05) is 35.2 Å². The molecule has 0 spiro atoms. The van der Waals surface area contributed by atoms with Crippen molar-refractivity contribution in [3.63, 3.8) is 0 Å². The van der Waals surface area contributed by atoms with Gasteiger partial charge in [-0.15, -0.1) is 0 Å². The van der Waals surface area contributed by atoms with E-state index in [2.05, 4.69) is 43.6 Å². The molecule has 3 atom stereocenters. The van der Waals surface area contributed by atoms with Crippen LogP contribution in [0.5, 0.6) is 0 Å². The number of para-hydroxylation sites is 1. The van der Waals surface area contributed by atoms with E-state index in [-0.39, 0.29) is 27.0 Å². The summed E-state index contributed by atoms with van der Waals surface area (Å²) in [6, 6.07) is 10.0. The highest BCUT2D eigenvalue weighted by molar-refractivity contribution is 9.09. The number of hydrogen-bond donors (Lipinski definition) is 0. The number of benzene rings is 1. The van der Waals surface area contributed by atoms with Gasteiger partial charge in [0.2, 0.25) is 5.91 Å². The topological polar surface area (TPSA) is 20.3 Å². The summed E-state index contributed by atoms with van der Waals surface area (Å²) in [5, 5.41) is 0. The Hall–Kier alpha value is -0.830. The molecule has 1 aromatic carbocycles. The minimum Gasteiger partial charge on any atom is -0.312 e. The number of carbonyl (C=O) groups excluding carboxylic acids is 1. The average Bonchev–Trinajstić information content (AvgIpc) is 2.88. The van der Waals surface area contributed by atoms with Crippen LogP contribution >= 0.6 is 15.9 Å². The lowest BCUT2D eigenvalue weighted by atomic mass is 9.43. The van der Waals surface area contributed by atoms with Crippen LogP contribution in [0.2, 0.25) is 0 Å². The van der Waals surface area contributed by atoms with Crippen LogP contribution in [0.3, 0.4) is 0 Å². The Morgan fingerprint density at radius 2 is 1.86 bits per heavy atom. The van der Waals surface area contributed by atoms with Crippen LogP contribution in [0.15, 0.2) is 30.3 Å². The maximum atomic E-state index is 13.4. The van der Waals surface area contributed by atoms with Crippen molar-refractivity contribution >= 4 is 27.5 Å². The lowest BCUT2D eigenvalue weighted by Gasteiger charge is -2.64. The van der Waals surface area contributed by atoms with E-state index in [0.29, 0.717) is 0 Å². The van der Waals surface area contributed by atoms with Gasteiger partial charge in [0.15, 0.2) is 0 Å². The summed E-state index contributed by atoms with van der Waals surface area (Å²) in [6.45, 7) is 9.65. The predicted octanol–water partition coefficient (Wildman–Crippen LogP) is 4.63. The van der Waals surface area contributed by atoms with Crippen LogP contribution in [-0.4, -0.2) is 17.3 Å². The van der Waals surface area contributed by atoms with Gasteiger partial charge in [-0.2, -0.15) is 0 Å². The zero-order valence-corrected chi connectivity index (χ0v) is 14.9. The van der Waals surface area contributed by atoms with Crippen molar-refractivity contribution in [1.29, 1.82) is 0 Å². The second kappa shape index (κ2) is 4.58. The fourth-order valence-corrected chi connectivity index (χ4v) is 6.52. The summed E-state index contributed by atoms with van der Waals surface area (Å²) in [6.07, 6.45) is 2.13. The van der Waals surface area contributed by atoms with Crippen LogP contribution < -0.4 is 4.90 Å². The van der Waals surface area contributed by atoms with Gasteiger partial charge in [0.05, 0.1) is 5.41 Å². The number of halogens is 1. The molecule has 0 aromatic heterocycles. The molecule has 0 N–H and O–H groups in total. The van der Waals surface area contributed by atoms with Gasteiger partial charge in [-0.05, 0) is 42.7 Å². The van der Waals surface area contributed by atoms with Crippen molar-refractivity contribution in [3.05, 3.63) is 30.3 Å². The lowest BCUT2D eigenvalue weighted by Crippen LogP contribution is -2.69. The maximum absolute atomic E-state index is 13.4. The number of carbonyl (C=O) groups is 1. The Morgan fingerprint density at radius 3 is 2.29 bits per heavy atom. The molecule has 4 rings (SSSR count). The summed E-state index contributed by atoms with van der Waals surface area (Å²) in [5.41, 5.74) is 1.04. The molecular weight excluding hydrogens is 326 g/mol. The van der Waals surface area contributed by atoms with Crippen molar-refractivity contribution in [2.24, 2.45) is 16.2 Å². The van der Waals surface area contributed by atoms with E-state index in [1.165, 1.54) is 0 Å².